The number of alkyl halides is 3. The molecule has 0 saturated heterocycles. The van der Waals surface area contributed by atoms with Crippen molar-refractivity contribution in [2.75, 3.05) is 0 Å². The molecular weight excluding hydrogens is 429 g/mol. The van der Waals surface area contributed by atoms with E-state index in [4.69, 9.17) is 11.6 Å². The molecule has 0 atom stereocenters. The van der Waals surface area contributed by atoms with Gasteiger partial charge in [-0.2, -0.15) is 18.3 Å². The van der Waals surface area contributed by atoms with Crippen LogP contribution in [0.25, 0.3) is 10.9 Å². The summed E-state index contributed by atoms with van der Waals surface area (Å²) in [5, 5.41) is 11.3. The molecule has 1 amide bonds. The minimum Gasteiger partial charge on any atom is -0.346 e. The number of nitrogens with one attached hydrogen (secondary N) is 2. The number of pyridine rings is 1. The van der Waals surface area contributed by atoms with Crippen molar-refractivity contribution in [1.82, 2.24) is 20.5 Å². The highest BCUT2D eigenvalue weighted by molar-refractivity contribution is 6.31. The standard InChI is InChI=1S/C22H16ClF3N4O/c23-17-5-6-19-18(9-17)20(30-29-19)12-28-21(31)15-8-14(10-27-11-15)7-13-1-3-16(4-2-13)22(24,25)26/h1-6,8-11H,7,12H2,(H,28,31)(H,29,30). The molecule has 0 fully saturated rings. The highest BCUT2D eigenvalue weighted by Gasteiger charge is 2.29. The number of fused-ring (bicyclic) bond motifs is 1. The first kappa shape index (κ1) is 20.9. The number of carbonyl (C=O) groups excluding carboxylic acids is 1. The Bertz CT molecular complexity index is 1240. The summed E-state index contributed by atoms with van der Waals surface area (Å²) in [6, 6.07) is 11.9. The molecule has 4 rings (SSSR count). The molecule has 158 valence electrons. The van der Waals surface area contributed by atoms with Crippen molar-refractivity contribution < 1.29 is 18.0 Å². The van der Waals surface area contributed by atoms with Crippen LogP contribution in [0.15, 0.2) is 60.9 Å². The van der Waals surface area contributed by atoms with Crippen LogP contribution in [0.2, 0.25) is 5.02 Å². The van der Waals surface area contributed by atoms with Gasteiger partial charge in [0.15, 0.2) is 0 Å². The molecule has 0 bridgehead atoms. The molecule has 0 aliphatic rings. The number of hydrogen-bond acceptors (Lipinski definition) is 3. The first-order chi connectivity index (χ1) is 14.8. The van der Waals surface area contributed by atoms with Crippen LogP contribution < -0.4 is 5.32 Å². The summed E-state index contributed by atoms with van der Waals surface area (Å²) in [6.07, 6.45) is -0.999. The van der Waals surface area contributed by atoms with Crippen molar-refractivity contribution in [3.8, 4) is 0 Å². The summed E-state index contributed by atoms with van der Waals surface area (Å²) < 4.78 is 38.1. The predicted octanol–water partition coefficient (Wildman–Crippen LogP) is 5.15. The highest BCUT2D eigenvalue weighted by Crippen LogP contribution is 2.29. The lowest BCUT2D eigenvalue weighted by molar-refractivity contribution is -0.137. The molecule has 0 unspecified atom stereocenters. The second-order valence-electron chi connectivity index (χ2n) is 7.00. The zero-order valence-corrected chi connectivity index (χ0v) is 16.8. The number of rotatable bonds is 5. The largest absolute Gasteiger partial charge is 0.416 e. The van der Waals surface area contributed by atoms with E-state index in [9.17, 15) is 18.0 Å². The fraction of sp³-hybridized carbons (Fsp3) is 0.136. The van der Waals surface area contributed by atoms with E-state index in [0.29, 0.717) is 33.8 Å². The Morgan fingerprint density at radius 3 is 2.55 bits per heavy atom. The van der Waals surface area contributed by atoms with Crippen molar-refractivity contribution in [2.24, 2.45) is 0 Å². The average Bonchev–Trinajstić information content (AvgIpc) is 3.14. The molecule has 0 spiro atoms. The number of aromatic nitrogens is 3. The van der Waals surface area contributed by atoms with E-state index >= 15 is 0 Å². The quantitative estimate of drug-likeness (QED) is 0.447. The van der Waals surface area contributed by atoms with Gasteiger partial charge in [0.1, 0.15) is 0 Å². The van der Waals surface area contributed by atoms with E-state index in [1.807, 2.05) is 6.07 Å². The Hall–Kier alpha value is -3.39. The highest BCUT2D eigenvalue weighted by atomic mass is 35.5. The number of carbonyl (C=O) groups is 1. The van der Waals surface area contributed by atoms with Gasteiger partial charge >= 0.3 is 6.18 Å². The predicted molar refractivity (Wildman–Crippen MR) is 111 cm³/mol. The minimum atomic E-state index is -4.37. The summed E-state index contributed by atoms with van der Waals surface area (Å²) >= 11 is 6.03. The van der Waals surface area contributed by atoms with Gasteiger partial charge in [0.2, 0.25) is 0 Å². The van der Waals surface area contributed by atoms with E-state index in [0.717, 1.165) is 23.0 Å². The Labute approximate surface area is 180 Å². The third-order valence-corrected chi connectivity index (χ3v) is 5.00. The van der Waals surface area contributed by atoms with E-state index in [1.54, 1.807) is 24.4 Å². The zero-order valence-electron chi connectivity index (χ0n) is 16.0. The summed E-state index contributed by atoms with van der Waals surface area (Å²) in [5.41, 5.74) is 2.52. The first-order valence-electron chi connectivity index (χ1n) is 9.30. The lowest BCUT2D eigenvalue weighted by Gasteiger charge is -2.08. The smallest absolute Gasteiger partial charge is 0.346 e. The van der Waals surface area contributed by atoms with E-state index in [-0.39, 0.29) is 12.5 Å². The Morgan fingerprint density at radius 2 is 1.81 bits per heavy atom. The van der Waals surface area contributed by atoms with Gasteiger partial charge < -0.3 is 5.32 Å². The SMILES string of the molecule is O=C(NCc1n[nH]c2ccc(Cl)cc12)c1cncc(Cc2ccc(C(F)(F)F)cc2)c1. The molecule has 0 saturated carbocycles. The van der Waals surface area contributed by atoms with Crippen LogP contribution in [-0.4, -0.2) is 21.1 Å². The molecule has 2 aromatic carbocycles. The molecule has 31 heavy (non-hydrogen) atoms. The van der Waals surface area contributed by atoms with E-state index in [2.05, 4.69) is 20.5 Å². The average molecular weight is 445 g/mol. The zero-order chi connectivity index (χ0) is 22.0. The van der Waals surface area contributed by atoms with Gasteiger partial charge in [0.05, 0.1) is 28.9 Å². The molecule has 4 aromatic rings. The minimum absolute atomic E-state index is 0.197. The molecular formula is C22H16ClF3N4O. The second-order valence-corrected chi connectivity index (χ2v) is 7.43. The van der Waals surface area contributed by atoms with Gasteiger partial charge in [-0.25, -0.2) is 0 Å². The Kier molecular flexibility index (Phi) is 5.65. The second kappa shape index (κ2) is 8.39. The third-order valence-electron chi connectivity index (χ3n) is 4.77. The Morgan fingerprint density at radius 1 is 1.03 bits per heavy atom. The fourth-order valence-corrected chi connectivity index (χ4v) is 3.37. The first-order valence-corrected chi connectivity index (χ1v) is 9.68. The molecule has 2 N–H and O–H groups in total. The normalized spacial score (nSPS) is 11.6. The molecule has 9 heteroatoms. The maximum absolute atomic E-state index is 12.7. The maximum atomic E-state index is 12.7. The monoisotopic (exact) mass is 444 g/mol. The lowest BCUT2D eigenvalue weighted by atomic mass is 10.0. The number of amides is 1. The molecule has 0 aliphatic carbocycles. The van der Waals surface area contributed by atoms with Crippen LogP contribution >= 0.6 is 11.6 Å². The van der Waals surface area contributed by atoms with Gasteiger partial charge in [-0.05, 0) is 53.9 Å². The Balaban J connectivity index is 1.43. The van der Waals surface area contributed by atoms with Crippen LogP contribution in [0, 0.1) is 0 Å². The third kappa shape index (κ3) is 4.86. The van der Waals surface area contributed by atoms with Crippen molar-refractivity contribution in [1.29, 1.82) is 0 Å². The van der Waals surface area contributed by atoms with E-state index in [1.165, 1.54) is 18.3 Å². The lowest BCUT2D eigenvalue weighted by Crippen LogP contribution is -2.23. The number of hydrogen-bond donors (Lipinski definition) is 2. The van der Waals surface area contributed by atoms with Gasteiger partial charge in [-0.15, -0.1) is 0 Å². The number of nitrogens with zero attached hydrogens (tertiary/aromatic N) is 2. The fourth-order valence-electron chi connectivity index (χ4n) is 3.20. The topological polar surface area (TPSA) is 70.7 Å². The van der Waals surface area contributed by atoms with Crippen LogP contribution in [0.3, 0.4) is 0 Å². The summed E-state index contributed by atoms with van der Waals surface area (Å²) in [4.78, 5) is 16.6. The molecule has 0 aliphatic heterocycles. The van der Waals surface area contributed by atoms with Gasteiger partial charge in [0.25, 0.3) is 5.91 Å². The number of H-pyrrole nitrogens is 1. The van der Waals surface area contributed by atoms with Crippen LogP contribution in [0.1, 0.15) is 32.7 Å². The van der Waals surface area contributed by atoms with Crippen molar-refractivity contribution >= 4 is 28.4 Å². The maximum Gasteiger partial charge on any atom is 0.416 e. The van der Waals surface area contributed by atoms with Gasteiger partial charge in [0, 0.05) is 22.8 Å². The molecule has 2 heterocycles. The number of aromatic amines is 1. The molecule has 0 radical (unpaired) electrons. The van der Waals surface area contributed by atoms with Gasteiger partial charge in [-0.1, -0.05) is 23.7 Å². The molecule has 2 aromatic heterocycles. The summed E-state index contributed by atoms with van der Waals surface area (Å²) in [5.74, 6) is -0.333. The number of benzene rings is 2. The van der Waals surface area contributed by atoms with Crippen LogP contribution in [0.4, 0.5) is 13.2 Å². The van der Waals surface area contributed by atoms with Gasteiger partial charge in [-0.3, -0.25) is 14.9 Å². The van der Waals surface area contributed by atoms with Crippen LogP contribution in [-0.2, 0) is 19.1 Å². The van der Waals surface area contributed by atoms with Crippen molar-refractivity contribution in [2.45, 2.75) is 19.1 Å². The molecule has 5 nitrogen and oxygen atoms in total. The van der Waals surface area contributed by atoms with Crippen molar-refractivity contribution in [3.63, 3.8) is 0 Å². The van der Waals surface area contributed by atoms with E-state index < -0.39 is 11.7 Å². The number of halogens is 4. The summed E-state index contributed by atoms with van der Waals surface area (Å²) in [6.45, 7) is 0.197. The van der Waals surface area contributed by atoms with Crippen molar-refractivity contribution in [3.05, 3.63) is 93.9 Å². The van der Waals surface area contributed by atoms with Crippen LogP contribution in [0.5, 0.6) is 0 Å². The summed E-state index contributed by atoms with van der Waals surface area (Å²) in [7, 11) is 0.